The second kappa shape index (κ2) is 11.3. The number of hydrogen-bond donors (Lipinski definition) is 1. The molecule has 12 heteroatoms. The lowest BCUT2D eigenvalue weighted by atomic mass is 10.1. The number of carbonyl (C=O) groups is 2. The van der Waals surface area contributed by atoms with E-state index in [1.54, 1.807) is 36.4 Å². The standard InChI is InChI=1S/C27H29N3O7S2/c1-3-37-22-10-8-21(9-11-22)30-26(31)18-25(27(30)32)29(39(35,36)24-12-4-19(2)5-13-24)17-16-20-6-14-23(15-7-20)38(28,33)34/h4-15,25H,3,16-18H2,1-2H3,(H2,28,33,34). The number of primary sulfonamides is 1. The van der Waals surface area contributed by atoms with Gasteiger partial charge in [-0.3, -0.25) is 9.59 Å². The Kier molecular flexibility index (Phi) is 8.21. The molecule has 0 spiro atoms. The Morgan fingerprint density at radius 3 is 2.05 bits per heavy atom. The first-order valence-electron chi connectivity index (χ1n) is 12.2. The summed E-state index contributed by atoms with van der Waals surface area (Å²) in [5, 5.41) is 5.16. The lowest BCUT2D eigenvalue weighted by molar-refractivity contribution is -0.122. The average molecular weight is 572 g/mol. The number of anilines is 1. The third kappa shape index (κ3) is 6.19. The molecular formula is C27H29N3O7S2. The van der Waals surface area contributed by atoms with Crippen LogP contribution in [0.1, 0.15) is 24.5 Å². The minimum atomic E-state index is -4.18. The van der Waals surface area contributed by atoms with E-state index in [2.05, 4.69) is 0 Å². The molecule has 3 aromatic carbocycles. The van der Waals surface area contributed by atoms with Crippen LogP contribution in [0.25, 0.3) is 0 Å². The fraction of sp³-hybridized carbons (Fsp3) is 0.259. The first-order chi connectivity index (χ1) is 18.4. The quantitative estimate of drug-likeness (QED) is 0.368. The fourth-order valence-electron chi connectivity index (χ4n) is 4.34. The summed E-state index contributed by atoms with van der Waals surface area (Å²) < 4.78 is 57.2. The zero-order chi connectivity index (χ0) is 28.4. The number of sulfonamides is 2. The maximum Gasteiger partial charge on any atom is 0.252 e. The summed E-state index contributed by atoms with van der Waals surface area (Å²) in [6, 6.07) is 17.2. The molecule has 1 atom stereocenters. The van der Waals surface area contributed by atoms with Crippen LogP contribution in [0.3, 0.4) is 0 Å². The van der Waals surface area contributed by atoms with Gasteiger partial charge in [-0.15, -0.1) is 0 Å². The predicted molar refractivity (Wildman–Crippen MR) is 145 cm³/mol. The van der Waals surface area contributed by atoms with E-state index in [1.807, 2.05) is 13.8 Å². The third-order valence-electron chi connectivity index (χ3n) is 6.38. The molecule has 1 aliphatic heterocycles. The normalized spacial score (nSPS) is 16.2. The van der Waals surface area contributed by atoms with E-state index in [1.165, 1.54) is 36.4 Å². The fourth-order valence-corrected chi connectivity index (χ4v) is 6.44. The van der Waals surface area contributed by atoms with Crippen molar-refractivity contribution in [2.45, 2.75) is 42.5 Å². The van der Waals surface area contributed by atoms with Gasteiger partial charge in [-0.05, 0) is 74.4 Å². The van der Waals surface area contributed by atoms with Crippen LogP contribution in [0.5, 0.6) is 5.75 Å². The number of rotatable bonds is 10. The molecule has 4 rings (SSSR count). The van der Waals surface area contributed by atoms with E-state index in [9.17, 15) is 26.4 Å². The Bertz CT molecular complexity index is 1570. The van der Waals surface area contributed by atoms with Crippen LogP contribution in [-0.4, -0.2) is 52.1 Å². The number of amides is 2. The molecule has 1 unspecified atom stereocenters. The molecule has 1 heterocycles. The first-order valence-corrected chi connectivity index (χ1v) is 15.2. The van der Waals surface area contributed by atoms with Crippen molar-refractivity contribution >= 4 is 37.5 Å². The highest BCUT2D eigenvalue weighted by molar-refractivity contribution is 7.89. The minimum Gasteiger partial charge on any atom is -0.494 e. The molecule has 206 valence electrons. The van der Waals surface area contributed by atoms with Gasteiger partial charge in [0.1, 0.15) is 11.8 Å². The van der Waals surface area contributed by atoms with Crippen molar-refractivity contribution in [3.63, 3.8) is 0 Å². The van der Waals surface area contributed by atoms with Crippen molar-refractivity contribution in [3.05, 3.63) is 83.9 Å². The lowest BCUT2D eigenvalue weighted by Gasteiger charge is -2.27. The van der Waals surface area contributed by atoms with Crippen LogP contribution in [-0.2, 0) is 36.1 Å². The van der Waals surface area contributed by atoms with E-state index in [-0.39, 0.29) is 29.2 Å². The highest BCUT2D eigenvalue weighted by Crippen LogP contribution is 2.30. The summed E-state index contributed by atoms with van der Waals surface area (Å²) >= 11 is 0. The maximum atomic E-state index is 13.8. The SMILES string of the molecule is CCOc1ccc(N2C(=O)CC(N(CCc3ccc(S(N)(=O)=O)cc3)S(=O)(=O)c3ccc(C)cc3)C2=O)cc1. The lowest BCUT2D eigenvalue weighted by Crippen LogP contribution is -2.46. The molecule has 0 radical (unpaired) electrons. The van der Waals surface area contributed by atoms with E-state index in [0.717, 1.165) is 14.8 Å². The number of ether oxygens (including phenoxy) is 1. The molecule has 2 N–H and O–H groups in total. The zero-order valence-corrected chi connectivity index (χ0v) is 23.1. The number of nitrogens with zero attached hydrogens (tertiary/aromatic N) is 2. The molecule has 3 aromatic rings. The third-order valence-corrected chi connectivity index (χ3v) is 9.23. The van der Waals surface area contributed by atoms with E-state index in [0.29, 0.717) is 23.6 Å². The molecule has 1 saturated heterocycles. The van der Waals surface area contributed by atoms with Gasteiger partial charge in [0, 0.05) is 6.54 Å². The van der Waals surface area contributed by atoms with E-state index in [4.69, 9.17) is 9.88 Å². The van der Waals surface area contributed by atoms with Crippen LogP contribution in [0.15, 0.2) is 82.6 Å². The molecule has 39 heavy (non-hydrogen) atoms. The Morgan fingerprint density at radius 1 is 0.897 bits per heavy atom. The molecule has 0 aliphatic carbocycles. The molecule has 0 bridgehead atoms. The van der Waals surface area contributed by atoms with Gasteiger partial charge in [-0.25, -0.2) is 26.9 Å². The Balaban J connectivity index is 1.65. The van der Waals surface area contributed by atoms with Crippen LogP contribution >= 0.6 is 0 Å². The summed E-state index contributed by atoms with van der Waals surface area (Å²) in [6.07, 6.45) is -0.154. The molecule has 2 amide bonds. The second-order valence-electron chi connectivity index (χ2n) is 9.08. The number of imide groups is 1. The van der Waals surface area contributed by atoms with Gasteiger partial charge in [0.25, 0.3) is 5.91 Å². The van der Waals surface area contributed by atoms with Crippen LogP contribution in [0.2, 0.25) is 0 Å². The minimum absolute atomic E-state index is 0.00237. The summed E-state index contributed by atoms with van der Waals surface area (Å²) in [6.45, 7) is 4.00. The van der Waals surface area contributed by atoms with Crippen molar-refractivity contribution in [1.82, 2.24) is 4.31 Å². The highest BCUT2D eigenvalue weighted by Gasteiger charge is 2.46. The Morgan fingerprint density at radius 2 is 1.49 bits per heavy atom. The van der Waals surface area contributed by atoms with E-state index < -0.39 is 37.9 Å². The van der Waals surface area contributed by atoms with Crippen molar-refractivity contribution < 1.29 is 31.2 Å². The summed E-state index contributed by atoms with van der Waals surface area (Å²) in [7, 11) is -8.06. The second-order valence-corrected chi connectivity index (χ2v) is 12.5. The Hall–Kier alpha value is -3.58. The molecular weight excluding hydrogens is 542 g/mol. The monoisotopic (exact) mass is 571 g/mol. The molecule has 1 aliphatic rings. The molecule has 10 nitrogen and oxygen atoms in total. The zero-order valence-electron chi connectivity index (χ0n) is 21.5. The smallest absolute Gasteiger partial charge is 0.252 e. The number of carbonyl (C=O) groups excluding carboxylic acids is 2. The van der Waals surface area contributed by atoms with Gasteiger partial charge < -0.3 is 4.74 Å². The number of aryl methyl sites for hydroxylation is 1. The van der Waals surface area contributed by atoms with Crippen molar-refractivity contribution in [1.29, 1.82) is 0 Å². The summed E-state index contributed by atoms with van der Waals surface area (Å²) in [5.74, 6) is -0.589. The van der Waals surface area contributed by atoms with Crippen molar-refractivity contribution in [3.8, 4) is 5.75 Å². The van der Waals surface area contributed by atoms with Crippen LogP contribution in [0, 0.1) is 6.92 Å². The van der Waals surface area contributed by atoms with Crippen LogP contribution in [0.4, 0.5) is 5.69 Å². The Labute approximate surface area is 228 Å². The van der Waals surface area contributed by atoms with Gasteiger partial charge in [0.2, 0.25) is 26.0 Å². The van der Waals surface area contributed by atoms with Gasteiger partial charge >= 0.3 is 0 Å². The van der Waals surface area contributed by atoms with Gasteiger partial charge in [-0.1, -0.05) is 29.8 Å². The maximum absolute atomic E-state index is 13.8. The number of benzene rings is 3. The summed E-state index contributed by atoms with van der Waals surface area (Å²) in [4.78, 5) is 27.5. The first kappa shape index (κ1) is 28.4. The summed E-state index contributed by atoms with van der Waals surface area (Å²) in [5.41, 5.74) is 1.82. The number of hydrogen-bond acceptors (Lipinski definition) is 7. The van der Waals surface area contributed by atoms with Crippen molar-refractivity contribution in [2.75, 3.05) is 18.1 Å². The molecule has 0 saturated carbocycles. The number of nitrogens with two attached hydrogens (primary N) is 1. The highest BCUT2D eigenvalue weighted by atomic mass is 32.2. The molecule has 1 fully saturated rings. The predicted octanol–water partition coefficient (Wildman–Crippen LogP) is 2.61. The van der Waals surface area contributed by atoms with Gasteiger partial charge in [0.15, 0.2) is 0 Å². The van der Waals surface area contributed by atoms with Crippen LogP contribution < -0.4 is 14.8 Å². The van der Waals surface area contributed by atoms with Gasteiger partial charge in [-0.2, -0.15) is 4.31 Å². The topological polar surface area (TPSA) is 144 Å². The largest absolute Gasteiger partial charge is 0.494 e. The van der Waals surface area contributed by atoms with Crippen molar-refractivity contribution in [2.24, 2.45) is 5.14 Å². The molecule has 0 aromatic heterocycles. The average Bonchev–Trinajstić information content (AvgIpc) is 3.18. The van der Waals surface area contributed by atoms with E-state index >= 15 is 0 Å². The van der Waals surface area contributed by atoms with Gasteiger partial charge in [0.05, 0.1) is 28.5 Å².